The lowest BCUT2D eigenvalue weighted by atomic mass is 9.77. The average molecular weight is 284 g/mol. The van der Waals surface area contributed by atoms with Gasteiger partial charge in [0.15, 0.2) is 0 Å². The number of amides is 2. The predicted octanol–water partition coefficient (Wildman–Crippen LogP) is -0.253. The van der Waals surface area contributed by atoms with Crippen LogP contribution in [0.25, 0.3) is 0 Å². The summed E-state index contributed by atoms with van der Waals surface area (Å²) in [6.45, 7) is 0.711. The van der Waals surface area contributed by atoms with E-state index in [1.54, 1.807) is 7.11 Å². The molecule has 2 aliphatic rings. The summed E-state index contributed by atoms with van der Waals surface area (Å²) >= 11 is 0. The molecule has 1 heterocycles. The largest absolute Gasteiger partial charge is 0.481 e. The Balaban J connectivity index is 2.05. The maximum Gasteiger partial charge on any atom is 0.305 e. The van der Waals surface area contributed by atoms with E-state index >= 15 is 0 Å². The molecule has 112 valence electrons. The van der Waals surface area contributed by atoms with Crippen LogP contribution in [0.3, 0.4) is 0 Å². The van der Waals surface area contributed by atoms with E-state index in [1.165, 1.54) is 4.90 Å². The summed E-state index contributed by atoms with van der Waals surface area (Å²) in [5, 5.41) is 11.5. The highest BCUT2D eigenvalue weighted by atomic mass is 16.5. The molecule has 1 atom stereocenters. The number of rotatable bonds is 5. The van der Waals surface area contributed by atoms with E-state index in [2.05, 4.69) is 5.32 Å². The lowest BCUT2D eigenvalue weighted by molar-refractivity contribution is -0.154. The van der Waals surface area contributed by atoms with Gasteiger partial charge in [-0.1, -0.05) is 0 Å². The average Bonchev–Trinajstić information content (AvgIpc) is 2.35. The van der Waals surface area contributed by atoms with Crippen LogP contribution in [0, 0.1) is 0 Å². The third kappa shape index (κ3) is 2.92. The van der Waals surface area contributed by atoms with Crippen LogP contribution in [0.2, 0.25) is 0 Å². The molecule has 2 rings (SSSR count). The zero-order valence-electron chi connectivity index (χ0n) is 11.6. The Labute approximate surface area is 117 Å². The van der Waals surface area contributed by atoms with Crippen LogP contribution in [-0.2, 0) is 19.1 Å². The van der Waals surface area contributed by atoms with E-state index in [4.69, 9.17) is 9.84 Å². The molecule has 7 nitrogen and oxygen atoms in total. The van der Waals surface area contributed by atoms with Gasteiger partial charge in [0.2, 0.25) is 11.8 Å². The Morgan fingerprint density at radius 2 is 2.20 bits per heavy atom. The van der Waals surface area contributed by atoms with Crippen molar-refractivity contribution < 1.29 is 24.2 Å². The van der Waals surface area contributed by atoms with Crippen molar-refractivity contribution in [2.45, 2.75) is 43.7 Å². The smallest absolute Gasteiger partial charge is 0.305 e. The molecule has 0 bridgehead atoms. The molecule has 2 fully saturated rings. The van der Waals surface area contributed by atoms with Crippen molar-refractivity contribution in [3.8, 4) is 0 Å². The summed E-state index contributed by atoms with van der Waals surface area (Å²) in [6.07, 6.45) is 2.54. The first kappa shape index (κ1) is 14.8. The van der Waals surface area contributed by atoms with Crippen molar-refractivity contribution in [3.05, 3.63) is 0 Å². The lowest BCUT2D eigenvalue weighted by Gasteiger charge is -2.42. The molecule has 0 aromatic rings. The molecule has 1 saturated carbocycles. The second-order valence-corrected chi connectivity index (χ2v) is 5.41. The molecule has 2 N–H and O–H groups in total. The second kappa shape index (κ2) is 5.78. The summed E-state index contributed by atoms with van der Waals surface area (Å²) in [5.74, 6) is -1.69. The number of nitrogens with one attached hydrogen (secondary N) is 1. The molecule has 2 amide bonds. The Morgan fingerprint density at radius 1 is 1.50 bits per heavy atom. The highest BCUT2D eigenvalue weighted by molar-refractivity contribution is 5.91. The molecule has 0 radical (unpaired) electrons. The maximum atomic E-state index is 12.4. The minimum absolute atomic E-state index is 0.201. The fourth-order valence-electron chi connectivity index (χ4n) is 2.78. The zero-order chi connectivity index (χ0) is 14.8. The van der Waals surface area contributed by atoms with Gasteiger partial charge in [0.25, 0.3) is 0 Å². The van der Waals surface area contributed by atoms with Gasteiger partial charge >= 0.3 is 5.97 Å². The van der Waals surface area contributed by atoms with Gasteiger partial charge in [0.1, 0.15) is 6.04 Å². The zero-order valence-corrected chi connectivity index (χ0v) is 11.6. The molecular weight excluding hydrogens is 264 g/mol. The highest BCUT2D eigenvalue weighted by Crippen LogP contribution is 2.38. The van der Waals surface area contributed by atoms with Crippen molar-refractivity contribution in [3.63, 3.8) is 0 Å². The molecule has 1 aliphatic heterocycles. The third-order valence-corrected chi connectivity index (χ3v) is 4.19. The number of hydrogen-bond acceptors (Lipinski definition) is 4. The van der Waals surface area contributed by atoms with E-state index in [1.807, 2.05) is 0 Å². The van der Waals surface area contributed by atoms with Crippen molar-refractivity contribution in [1.82, 2.24) is 10.2 Å². The SMILES string of the molecule is COC1(CC(=O)N2CCNC(=O)C2CC(=O)O)CCC1. The van der Waals surface area contributed by atoms with Crippen molar-refractivity contribution in [2.24, 2.45) is 0 Å². The quantitative estimate of drug-likeness (QED) is 0.725. The Kier molecular flexibility index (Phi) is 4.27. The summed E-state index contributed by atoms with van der Waals surface area (Å²) < 4.78 is 5.41. The number of carboxylic acids is 1. The fourth-order valence-corrected chi connectivity index (χ4v) is 2.78. The van der Waals surface area contributed by atoms with E-state index in [0.717, 1.165) is 19.3 Å². The van der Waals surface area contributed by atoms with Crippen LogP contribution in [0.4, 0.5) is 0 Å². The summed E-state index contributed by atoms with van der Waals surface area (Å²) in [4.78, 5) is 36.4. The number of ether oxygens (including phenoxy) is 1. The molecule has 1 unspecified atom stereocenters. The minimum atomic E-state index is -1.09. The minimum Gasteiger partial charge on any atom is -0.481 e. The third-order valence-electron chi connectivity index (χ3n) is 4.19. The van der Waals surface area contributed by atoms with Crippen molar-refractivity contribution >= 4 is 17.8 Å². The van der Waals surface area contributed by atoms with Crippen LogP contribution in [0.5, 0.6) is 0 Å². The van der Waals surface area contributed by atoms with Crippen molar-refractivity contribution in [2.75, 3.05) is 20.2 Å². The normalized spacial score (nSPS) is 24.8. The number of methoxy groups -OCH3 is 1. The molecule has 0 aromatic carbocycles. The molecule has 1 saturated heterocycles. The second-order valence-electron chi connectivity index (χ2n) is 5.41. The number of nitrogens with zero attached hydrogens (tertiary/aromatic N) is 1. The van der Waals surface area contributed by atoms with Crippen LogP contribution in [-0.4, -0.2) is 59.6 Å². The van der Waals surface area contributed by atoms with E-state index < -0.39 is 23.5 Å². The van der Waals surface area contributed by atoms with E-state index in [0.29, 0.717) is 13.1 Å². The van der Waals surface area contributed by atoms with E-state index in [-0.39, 0.29) is 18.7 Å². The van der Waals surface area contributed by atoms with E-state index in [9.17, 15) is 14.4 Å². The number of carboxylic acid groups (broad SMARTS) is 1. The van der Waals surface area contributed by atoms with Gasteiger partial charge in [-0.25, -0.2) is 0 Å². The van der Waals surface area contributed by atoms with Crippen LogP contribution >= 0.6 is 0 Å². The Hall–Kier alpha value is -1.63. The molecule has 0 spiro atoms. The number of hydrogen-bond donors (Lipinski definition) is 2. The predicted molar refractivity (Wildman–Crippen MR) is 69.0 cm³/mol. The van der Waals surface area contributed by atoms with Crippen LogP contribution in [0.1, 0.15) is 32.1 Å². The number of piperazine rings is 1. The monoisotopic (exact) mass is 284 g/mol. The van der Waals surface area contributed by atoms with Crippen molar-refractivity contribution in [1.29, 1.82) is 0 Å². The fraction of sp³-hybridized carbons (Fsp3) is 0.769. The van der Waals surface area contributed by atoms with Gasteiger partial charge in [0.05, 0.1) is 18.4 Å². The molecule has 20 heavy (non-hydrogen) atoms. The summed E-state index contributed by atoms with van der Waals surface area (Å²) in [6, 6.07) is -0.914. The summed E-state index contributed by atoms with van der Waals surface area (Å²) in [7, 11) is 1.59. The van der Waals surface area contributed by atoms with Gasteiger partial charge in [-0.2, -0.15) is 0 Å². The number of aliphatic carboxylic acids is 1. The summed E-state index contributed by atoms with van der Waals surface area (Å²) in [5.41, 5.74) is -0.418. The van der Waals surface area contributed by atoms with Crippen LogP contribution < -0.4 is 5.32 Å². The topological polar surface area (TPSA) is 95.9 Å². The van der Waals surface area contributed by atoms with Gasteiger partial charge in [-0.05, 0) is 19.3 Å². The van der Waals surface area contributed by atoms with Gasteiger partial charge in [0, 0.05) is 20.2 Å². The first-order valence-corrected chi connectivity index (χ1v) is 6.81. The molecule has 0 aromatic heterocycles. The standard InChI is InChI=1S/C13H20N2O5/c1-20-13(3-2-4-13)8-10(16)15-6-5-14-12(19)9(15)7-11(17)18/h9H,2-8H2,1H3,(H,14,19)(H,17,18). The van der Waals surface area contributed by atoms with Gasteiger partial charge in [-0.15, -0.1) is 0 Å². The molecular formula is C13H20N2O5. The number of carbonyl (C=O) groups is 3. The first-order chi connectivity index (χ1) is 9.47. The molecule has 7 heteroatoms. The Morgan fingerprint density at radius 3 is 2.70 bits per heavy atom. The van der Waals surface area contributed by atoms with Crippen LogP contribution in [0.15, 0.2) is 0 Å². The Bertz CT molecular complexity index is 413. The van der Waals surface area contributed by atoms with Gasteiger partial charge in [-0.3, -0.25) is 14.4 Å². The first-order valence-electron chi connectivity index (χ1n) is 6.81. The molecule has 1 aliphatic carbocycles. The highest BCUT2D eigenvalue weighted by Gasteiger charge is 2.42. The maximum absolute atomic E-state index is 12.4. The van der Waals surface area contributed by atoms with Gasteiger partial charge < -0.3 is 20.1 Å². The lowest BCUT2D eigenvalue weighted by Crippen LogP contribution is -2.59. The number of carbonyl (C=O) groups excluding carboxylic acids is 2.